The average molecular weight is 541 g/mol. The van der Waals surface area contributed by atoms with Gasteiger partial charge in [-0.3, -0.25) is 14.9 Å². The number of ether oxygens (including phenoxy) is 2. The molecule has 9 nitrogen and oxygen atoms in total. The van der Waals surface area contributed by atoms with Gasteiger partial charge in [0.1, 0.15) is 6.61 Å². The third kappa shape index (κ3) is 5.48. The lowest BCUT2D eigenvalue weighted by molar-refractivity contribution is -0.384. The van der Waals surface area contributed by atoms with Crippen molar-refractivity contribution in [3.63, 3.8) is 0 Å². The molecule has 1 aromatic heterocycles. The number of hydrogen-bond donors (Lipinski definition) is 0. The number of nitro benzene ring substituents is 1. The summed E-state index contributed by atoms with van der Waals surface area (Å²) in [5.41, 5.74) is 2.11. The van der Waals surface area contributed by atoms with Crippen LogP contribution in [-0.4, -0.2) is 27.9 Å². The molecule has 1 heterocycles. The number of nitro groups is 1. The molecule has 0 aliphatic heterocycles. The summed E-state index contributed by atoms with van der Waals surface area (Å²) >= 11 is 6.52. The van der Waals surface area contributed by atoms with Crippen molar-refractivity contribution in [3.8, 4) is 22.9 Å². The Morgan fingerprint density at radius 2 is 1.79 bits per heavy atom. The first-order valence-corrected chi connectivity index (χ1v) is 12.2. The molecule has 5 rings (SSSR count). The van der Waals surface area contributed by atoms with Crippen LogP contribution in [0.15, 0.2) is 101 Å². The smallest absolute Gasteiger partial charge is 0.282 e. The highest BCUT2D eigenvalue weighted by atomic mass is 35.5. The second-order valence-corrected chi connectivity index (χ2v) is 8.84. The lowest BCUT2D eigenvalue weighted by atomic mass is 10.2. The minimum absolute atomic E-state index is 0.0333. The van der Waals surface area contributed by atoms with Crippen LogP contribution >= 0.6 is 11.6 Å². The van der Waals surface area contributed by atoms with Gasteiger partial charge in [-0.05, 0) is 35.4 Å². The van der Waals surface area contributed by atoms with Crippen LogP contribution in [0.1, 0.15) is 11.1 Å². The van der Waals surface area contributed by atoms with Crippen LogP contribution in [0.25, 0.3) is 22.3 Å². The van der Waals surface area contributed by atoms with Gasteiger partial charge in [-0.2, -0.15) is 9.78 Å². The fraction of sp³-hybridized carbons (Fsp3) is 0.0690. The summed E-state index contributed by atoms with van der Waals surface area (Å²) in [5, 5.41) is 16.2. The average Bonchev–Trinajstić information content (AvgIpc) is 2.96. The molecule has 0 fully saturated rings. The van der Waals surface area contributed by atoms with Gasteiger partial charge in [0.05, 0.1) is 34.2 Å². The summed E-state index contributed by atoms with van der Waals surface area (Å²) in [6.45, 7) is 0.0454. The van der Waals surface area contributed by atoms with E-state index in [1.165, 1.54) is 30.1 Å². The van der Waals surface area contributed by atoms with Gasteiger partial charge < -0.3 is 9.47 Å². The minimum Gasteiger partial charge on any atom is -0.493 e. The zero-order valence-electron chi connectivity index (χ0n) is 20.7. The highest BCUT2D eigenvalue weighted by molar-refractivity contribution is 6.32. The number of benzene rings is 4. The van der Waals surface area contributed by atoms with Crippen molar-refractivity contribution < 1.29 is 14.4 Å². The van der Waals surface area contributed by atoms with E-state index in [0.29, 0.717) is 33.6 Å². The number of hydrogen-bond acceptors (Lipinski definition) is 7. The molecule has 0 aliphatic carbocycles. The van der Waals surface area contributed by atoms with Crippen molar-refractivity contribution in [3.05, 3.63) is 128 Å². The molecule has 10 heteroatoms. The van der Waals surface area contributed by atoms with E-state index in [9.17, 15) is 14.9 Å². The van der Waals surface area contributed by atoms with Crippen LogP contribution < -0.4 is 15.0 Å². The van der Waals surface area contributed by atoms with Crippen LogP contribution in [0, 0.1) is 10.1 Å². The fourth-order valence-electron chi connectivity index (χ4n) is 4.00. The third-order valence-corrected chi connectivity index (χ3v) is 6.15. The van der Waals surface area contributed by atoms with Crippen molar-refractivity contribution in [1.82, 2.24) is 9.66 Å². The number of nitrogens with zero attached hydrogens (tertiary/aromatic N) is 4. The van der Waals surface area contributed by atoms with Gasteiger partial charge in [-0.15, -0.1) is 0 Å². The van der Waals surface area contributed by atoms with Crippen molar-refractivity contribution in [2.75, 3.05) is 7.11 Å². The number of aromatic nitrogens is 2. The maximum absolute atomic E-state index is 13.4. The molecule has 0 unspecified atom stereocenters. The molecular weight excluding hydrogens is 520 g/mol. The van der Waals surface area contributed by atoms with E-state index in [2.05, 4.69) is 5.10 Å². The molecule has 0 bridgehead atoms. The van der Waals surface area contributed by atoms with E-state index in [-0.39, 0.29) is 28.6 Å². The number of halogens is 1. The lowest BCUT2D eigenvalue weighted by Gasteiger charge is -2.13. The summed E-state index contributed by atoms with van der Waals surface area (Å²) in [4.78, 5) is 28.6. The first kappa shape index (κ1) is 25.6. The number of methoxy groups -OCH3 is 1. The van der Waals surface area contributed by atoms with E-state index < -0.39 is 4.92 Å². The summed E-state index contributed by atoms with van der Waals surface area (Å²) < 4.78 is 12.6. The maximum atomic E-state index is 13.4. The first-order chi connectivity index (χ1) is 18.9. The van der Waals surface area contributed by atoms with Crippen LogP contribution in [-0.2, 0) is 6.61 Å². The molecule has 4 aromatic carbocycles. The molecule has 0 spiro atoms. The molecule has 194 valence electrons. The second-order valence-electron chi connectivity index (χ2n) is 8.43. The van der Waals surface area contributed by atoms with E-state index in [4.69, 9.17) is 26.1 Å². The number of rotatable bonds is 8. The number of fused-ring (bicyclic) bond motifs is 1. The van der Waals surface area contributed by atoms with Crippen LogP contribution in [0.4, 0.5) is 5.69 Å². The van der Waals surface area contributed by atoms with E-state index >= 15 is 0 Å². The Balaban J connectivity index is 1.49. The SMILES string of the molecule is COc1cc(C=Nn2c(-c3ccccc3)nc3ccccc3c2=O)cc(Cl)c1OCc1cccc([N+](=O)[O-])c1. The van der Waals surface area contributed by atoms with Gasteiger partial charge in [0.2, 0.25) is 0 Å². The van der Waals surface area contributed by atoms with E-state index in [1.807, 2.05) is 36.4 Å². The number of non-ortho nitro benzene ring substituents is 1. The summed E-state index contributed by atoms with van der Waals surface area (Å²) in [7, 11) is 1.47. The molecule has 0 saturated heterocycles. The molecule has 39 heavy (non-hydrogen) atoms. The van der Waals surface area contributed by atoms with Crippen LogP contribution in [0.3, 0.4) is 0 Å². The van der Waals surface area contributed by atoms with Crippen LogP contribution in [0.5, 0.6) is 11.5 Å². The molecule has 0 atom stereocenters. The van der Waals surface area contributed by atoms with Gasteiger partial charge in [0.15, 0.2) is 17.3 Å². The summed E-state index contributed by atoms with van der Waals surface area (Å²) in [6.07, 6.45) is 1.49. The van der Waals surface area contributed by atoms with Gasteiger partial charge in [-0.1, -0.05) is 66.2 Å². The molecular formula is C29H21ClN4O5. The molecule has 0 radical (unpaired) electrons. The van der Waals surface area contributed by atoms with Gasteiger partial charge in [-0.25, -0.2) is 4.98 Å². The van der Waals surface area contributed by atoms with Gasteiger partial charge in [0, 0.05) is 17.7 Å². The Kier molecular flexibility index (Phi) is 7.33. The Bertz CT molecular complexity index is 1770. The normalized spacial score (nSPS) is 11.1. The zero-order chi connectivity index (χ0) is 27.4. The van der Waals surface area contributed by atoms with Crippen molar-refractivity contribution in [2.45, 2.75) is 6.61 Å². The predicted octanol–water partition coefficient (Wildman–Crippen LogP) is 6.09. The summed E-state index contributed by atoms with van der Waals surface area (Å²) in [6, 6.07) is 25.8. The number of para-hydroxylation sites is 1. The van der Waals surface area contributed by atoms with E-state index in [1.54, 1.807) is 42.5 Å². The minimum atomic E-state index is -0.467. The zero-order valence-corrected chi connectivity index (χ0v) is 21.4. The van der Waals surface area contributed by atoms with Crippen molar-refractivity contribution in [2.24, 2.45) is 5.10 Å². The highest BCUT2D eigenvalue weighted by Crippen LogP contribution is 2.36. The fourth-order valence-corrected chi connectivity index (χ4v) is 4.27. The Morgan fingerprint density at radius 3 is 2.56 bits per heavy atom. The topological polar surface area (TPSA) is 109 Å². The molecule has 0 aliphatic rings. The van der Waals surface area contributed by atoms with E-state index in [0.717, 1.165) is 5.56 Å². The lowest BCUT2D eigenvalue weighted by Crippen LogP contribution is -2.20. The quantitative estimate of drug-likeness (QED) is 0.134. The molecule has 0 amide bonds. The van der Waals surface area contributed by atoms with Gasteiger partial charge in [0.25, 0.3) is 11.2 Å². The Hall–Kier alpha value is -5.02. The van der Waals surface area contributed by atoms with Crippen LogP contribution in [0.2, 0.25) is 5.02 Å². The molecule has 0 saturated carbocycles. The van der Waals surface area contributed by atoms with Crippen molar-refractivity contribution in [1.29, 1.82) is 0 Å². The van der Waals surface area contributed by atoms with Crippen molar-refractivity contribution >= 4 is 34.4 Å². The molecule has 0 N–H and O–H groups in total. The molecule has 5 aromatic rings. The van der Waals surface area contributed by atoms with Gasteiger partial charge >= 0.3 is 0 Å². The standard InChI is InChI=1S/C29H21ClN4O5/c1-38-26-16-20(15-24(30)27(26)39-18-19-8-7-11-22(14-19)34(36)37)17-31-33-28(21-9-3-2-4-10-21)32-25-13-6-5-12-23(25)29(33)35/h2-17H,18H2,1H3. The predicted molar refractivity (Wildman–Crippen MR) is 150 cm³/mol. The third-order valence-electron chi connectivity index (χ3n) is 5.86. The maximum Gasteiger partial charge on any atom is 0.282 e. The monoisotopic (exact) mass is 540 g/mol. The largest absolute Gasteiger partial charge is 0.493 e. The Morgan fingerprint density at radius 1 is 1.03 bits per heavy atom. The Labute approximate surface area is 227 Å². The summed E-state index contributed by atoms with van der Waals surface area (Å²) in [5.74, 6) is 1.00. The first-order valence-electron chi connectivity index (χ1n) is 11.8. The highest BCUT2D eigenvalue weighted by Gasteiger charge is 2.15. The second kappa shape index (κ2) is 11.2.